The molecule has 2 rings (SSSR count). The normalized spacial score (nSPS) is 10.6. The van der Waals surface area contributed by atoms with Crippen LogP contribution in [0.3, 0.4) is 0 Å². The number of benzene rings is 1. The van der Waals surface area contributed by atoms with Crippen molar-refractivity contribution < 1.29 is 0 Å². The van der Waals surface area contributed by atoms with E-state index in [0.717, 1.165) is 36.2 Å². The van der Waals surface area contributed by atoms with Gasteiger partial charge < -0.3 is 5.73 Å². The molecular weight excluding hydrogens is 254 g/mol. The number of thiocarbonyl (C=S) groups is 1. The van der Waals surface area contributed by atoms with Crippen LogP contribution >= 0.6 is 12.2 Å². The van der Waals surface area contributed by atoms with E-state index in [-0.39, 0.29) is 0 Å². The SMILES string of the molecule is CCc1cc(CC)n(Cc2ccccc2C(N)=S)n1. The summed E-state index contributed by atoms with van der Waals surface area (Å²) in [4.78, 5) is 0.441. The van der Waals surface area contributed by atoms with Crippen molar-refractivity contribution in [3.05, 3.63) is 52.8 Å². The molecule has 0 unspecified atom stereocenters. The van der Waals surface area contributed by atoms with Crippen molar-refractivity contribution >= 4 is 17.2 Å². The third-order valence-electron chi connectivity index (χ3n) is 3.24. The summed E-state index contributed by atoms with van der Waals surface area (Å²) >= 11 is 5.10. The molecule has 1 aromatic carbocycles. The summed E-state index contributed by atoms with van der Waals surface area (Å²) in [6, 6.07) is 10.2. The predicted octanol–water partition coefficient (Wildman–Crippen LogP) is 2.69. The molecule has 0 bridgehead atoms. The Labute approximate surface area is 119 Å². The lowest BCUT2D eigenvalue weighted by atomic mass is 10.1. The predicted molar refractivity (Wildman–Crippen MR) is 82.4 cm³/mol. The van der Waals surface area contributed by atoms with Crippen LogP contribution in [0.2, 0.25) is 0 Å². The summed E-state index contributed by atoms with van der Waals surface area (Å²) in [6.07, 6.45) is 1.93. The van der Waals surface area contributed by atoms with Crippen LogP contribution in [0.5, 0.6) is 0 Å². The fourth-order valence-electron chi connectivity index (χ4n) is 2.17. The first-order valence-electron chi connectivity index (χ1n) is 6.59. The van der Waals surface area contributed by atoms with Crippen LogP contribution in [-0.4, -0.2) is 14.8 Å². The van der Waals surface area contributed by atoms with E-state index in [0.29, 0.717) is 4.99 Å². The Morgan fingerprint density at radius 3 is 2.63 bits per heavy atom. The standard InChI is InChI=1S/C15H19N3S/c1-3-12-9-13(4-2)18(17-12)10-11-7-5-6-8-14(11)15(16)19/h5-9H,3-4,10H2,1-2H3,(H2,16,19). The van der Waals surface area contributed by atoms with Gasteiger partial charge in [-0.25, -0.2) is 0 Å². The summed E-state index contributed by atoms with van der Waals surface area (Å²) in [7, 11) is 0. The summed E-state index contributed by atoms with van der Waals surface area (Å²) in [5.74, 6) is 0. The van der Waals surface area contributed by atoms with Crippen molar-refractivity contribution in [3.63, 3.8) is 0 Å². The first-order chi connectivity index (χ1) is 9.15. The second-order valence-corrected chi connectivity index (χ2v) is 4.95. The van der Waals surface area contributed by atoms with E-state index in [2.05, 4.69) is 35.8 Å². The highest BCUT2D eigenvalue weighted by Gasteiger charge is 2.09. The van der Waals surface area contributed by atoms with Crippen LogP contribution in [0.4, 0.5) is 0 Å². The molecule has 0 saturated carbocycles. The van der Waals surface area contributed by atoms with Crippen LogP contribution in [0, 0.1) is 0 Å². The maximum Gasteiger partial charge on any atom is 0.104 e. The van der Waals surface area contributed by atoms with E-state index in [4.69, 9.17) is 18.0 Å². The molecule has 0 amide bonds. The molecule has 0 atom stereocenters. The van der Waals surface area contributed by atoms with Gasteiger partial charge in [-0.1, -0.05) is 50.3 Å². The van der Waals surface area contributed by atoms with Crippen LogP contribution in [0.25, 0.3) is 0 Å². The molecule has 0 saturated heterocycles. The Balaban J connectivity index is 2.35. The largest absolute Gasteiger partial charge is 0.389 e. The second kappa shape index (κ2) is 5.97. The average Bonchev–Trinajstić information content (AvgIpc) is 2.81. The lowest BCUT2D eigenvalue weighted by Gasteiger charge is -2.10. The van der Waals surface area contributed by atoms with Crippen molar-refractivity contribution in [2.45, 2.75) is 33.2 Å². The van der Waals surface area contributed by atoms with Crippen LogP contribution < -0.4 is 5.73 Å². The van der Waals surface area contributed by atoms with E-state index in [9.17, 15) is 0 Å². The number of aromatic nitrogens is 2. The van der Waals surface area contributed by atoms with Crippen LogP contribution in [-0.2, 0) is 19.4 Å². The van der Waals surface area contributed by atoms with Gasteiger partial charge in [0.1, 0.15) is 4.99 Å². The fourth-order valence-corrected chi connectivity index (χ4v) is 2.37. The summed E-state index contributed by atoms with van der Waals surface area (Å²) in [5.41, 5.74) is 10.2. The smallest absolute Gasteiger partial charge is 0.104 e. The Morgan fingerprint density at radius 1 is 1.26 bits per heavy atom. The molecule has 0 radical (unpaired) electrons. The van der Waals surface area contributed by atoms with Gasteiger partial charge in [0.2, 0.25) is 0 Å². The van der Waals surface area contributed by atoms with Crippen molar-refractivity contribution in [1.82, 2.24) is 9.78 Å². The van der Waals surface area contributed by atoms with E-state index in [1.54, 1.807) is 0 Å². The maximum atomic E-state index is 5.77. The van der Waals surface area contributed by atoms with Gasteiger partial charge in [-0.3, -0.25) is 4.68 Å². The van der Waals surface area contributed by atoms with Gasteiger partial charge in [-0.2, -0.15) is 5.10 Å². The summed E-state index contributed by atoms with van der Waals surface area (Å²) < 4.78 is 2.05. The minimum absolute atomic E-state index is 0.441. The molecule has 2 N–H and O–H groups in total. The van der Waals surface area contributed by atoms with Crippen molar-refractivity contribution in [3.8, 4) is 0 Å². The maximum absolute atomic E-state index is 5.77. The molecule has 100 valence electrons. The van der Waals surface area contributed by atoms with E-state index < -0.39 is 0 Å². The molecule has 19 heavy (non-hydrogen) atoms. The zero-order valence-electron chi connectivity index (χ0n) is 11.4. The fraction of sp³-hybridized carbons (Fsp3) is 0.333. The first-order valence-corrected chi connectivity index (χ1v) is 6.99. The number of hydrogen-bond donors (Lipinski definition) is 1. The highest BCUT2D eigenvalue weighted by Crippen LogP contribution is 2.13. The zero-order valence-corrected chi connectivity index (χ0v) is 12.2. The number of nitrogens with zero attached hydrogens (tertiary/aromatic N) is 2. The molecule has 0 aliphatic heterocycles. The second-order valence-electron chi connectivity index (χ2n) is 4.51. The van der Waals surface area contributed by atoms with Gasteiger partial charge >= 0.3 is 0 Å². The first kappa shape index (κ1) is 13.7. The van der Waals surface area contributed by atoms with Gasteiger partial charge in [0, 0.05) is 11.3 Å². The molecule has 4 heteroatoms. The van der Waals surface area contributed by atoms with Crippen LogP contribution in [0.15, 0.2) is 30.3 Å². The molecule has 1 aromatic heterocycles. The molecule has 0 aliphatic rings. The minimum atomic E-state index is 0.441. The molecule has 1 heterocycles. The summed E-state index contributed by atoms with van der Waals surface area (Å²) in [6.45, 7) is 4.98. The highest BCUT2D eigenvalue weighted by molar-refractivity contribution is 7.80. The van der Waals surface area contributed by atoms with Crippen molar-refractivity contribution in [1.29, 1.82) is 0 Å². The molecule has 3 nitrogen and oxygen atoms in total. The van der Waals surface area contributed by atoms with E-state index >= 15 is 0 Å². The van der Waals surface area contributed by atoms with Gasteiger partial charge in [0.25, 0.3) is 0 Å². The van der Waals surface area contributed by atoms with Gasteiger partial charge in [0.05, 0.1) is 12.2 Å². The van der Waals surface area contributed by atoms with Gasteiger partial charge in [0.15, 0.2) is 0 Å². The Kier molecular flexibility index (Phi) is 4.32. The monoisotopic (exact) mass is 273 g/mol. The van der Waals surface area contributed by atoms with Crippen molar-refractivity contribution in [2.24, 2.45) is 5.73 Å². The lowest BCUT2D eigenvalue weighted by molar-refractivity contribution is 0.640. The van der Waals surface area contributed by atoms with Crippen LogP contribution in [0.1, 0.15) is 36.4 Å². The molecule has 2 aromatic rings. The third-order valence-corrected chi connectivity index (χ3v) is 3.46. The topological polar surface area (TPSA) is 43.8 Å². The van der Waals surface area contributed by atoms with Gasteiger partial charge in [-0.15, -0.1) is 0 Å². The Hall–Kier alpha value is -1.68. The summed E-state index contributed by atoms with van der Waals surface area (Å²) in [5, 5.41) is 4.63. The molecule has 0 spiro atoms. The Morgan fingerprint density at radius 2 is 2.00 bits per heavy atom. The quantitative estimate of drug-likeness (QED) is 0.852. The minimum Gasteiger partial charge on any atom is -0.389 e. The number of hydrogen-bond acceptors (Lipinski definition) is 2. The molecule has 0 aliphatic carbocycles. The highest BCUT2D eigenvalue weighted by atomic mass is 32.1. The third kappa shape index (κ3) is 3.01. The van der Waals surface area contributed by atoms with E-state index in [1.807, 2.05) is 18.2 Å². The number of rotatable bonds is 5. The zero-order chi connectivity index (χ0) is 13.8. The number of nitrogens with two attached hydrogens (primary N) is 1. The average molecular weight is 273 g/mol. The van der Waals surface area contributed by atoms with Crippen molar-refractivity contribution in [2.75, 3.05) is 0 Å². The van der Waals surface area contributed by atoms with Gasteiger partial charge in [-0.05, 0) is 24.5 Å². The molecular formula is C15H19N3S. The van der Waals surface area contributed by atoms with E-state index in [1.165, 1.54) is 5.69 Å². The number of aryl methyl sites for hydroxylation is 2. The Bertz CT molecular complexity index is 587. The molecule has 0 fully saturated rings. The lowest BCUT2D eigenvalue weighted by Crippen LogP contribution is -2.15.